The number of ether oxygens (including phenoxy) is 3. The number of methoxy groups -OCH3 is 1. The van der Waals surface area contributed by atoms with Crippen LogP contribution in [0.3, 0.4) is 0 Å². The number of aliphatic hydroxyl groups is 1. The maximum atomic E-state index is 11.5. The van der Waals surface area contributed by atoms with E-state index in [-0.39, 0.29) is 0 Å². The molecule has 0 unspecified atom stereocenters. The quantitative estimate of drug-likeness (QED) is 0.564. The van der Waals surface area contributed by atoms with Crippen molar-refractivity contribution in [1.82, 2.24) is 5.32 Å². The molecule has 0 saturated carbocycles. The maximum absolute atomic E-state index is 11.5. The highest BCUT2D eigenvalue weighted by atomic mass is 16.8. The standard InChI is InChI=1S/C10H17NO5/c1-10(2)15-7-5(12)4-11-6(8(7)16-10)9(13)14-3/h5-8,11-12H,4H2,1-3H3/t5-,6+,7-,8-/m1/s1. The van der Waals surface area contributed by atoms with Gasteiger partial charge in [0, 0.05) is 6.54 Å². The summed E-state index contributed by atoms with van der Waals surface area (Å²) in [6.45, 7) is 3.80. The number of nitrogens with one attached hydrogen (secondary N) is 1. The number of β-amino-alcohol motifs (C(OH)–C–C–N with tert-alkyl or cyclic N) is 1. The molecule has 0 aliphatic carbocycles. The summed E-state index contributed by atoms with van der Waals surface area (Å²) in [4.78, 5) is 11.5. The van der Waals surface area contributed by atoms with Crippen LogP contribution in [-0.2, 0) is 19.0 Å². The lowest BCUT2D eigenvalue weighted by Crippen LogP contribution is -2.61. The summed E-state index contributed by atoms with van der Waals surface area (Å²) in [6.07, 6.45) is -1.67. The molecule has 4 atom stereocenters. The van der Waals surface area contributed by atoms with Crippen LogP contribution in [0.4, 0.5) is 0 Å². The molecule has 2 heterocycles. The lowest BCUT2D eigenvalue weighted by molar-refractivity contribution is -0.158. The van der Waals surface area contributed by atoms with Crippen molar-refractivity contribution in [2.24, 2.45) is 0 Å². The van der Waals surface area contributed by atoms with Gasteiger partial charge in [0.2, 0.25) is 0 Å². The molecule has 2 N–H and O–H groups in total. The SMILES string of the molecule is COC(=O)[C@H]1NC[C@@H](O)[C@H]2OC(C)(C)O[C@@H]21. The Hall–Kier alpha value is -0.690. The van der Waals surface area contributed by atoms with Crippen LogP contribution in [0.2, 0.25) is 0 Å². The number of carbonyl (C=O) groups excluding carboxylic acids is 1. The van der Waals surface area contributed by atoms with E-state index < -0.39 is 36.1 Å². The average Bonchev–Trinajstić information content (AvgIpc) is 2.54. The molecule has 2 aliphatic heterocycles. The van der Waals surface area contributed by atoms with E-state index in [2.05, 4.69) is 10.1 Å². The van der Waals surface area contributed by atoms with Gasteiger partial charge in [0.1, 0.15) is 18.2 Å². The van der Waals surface area contributed by atoms with E-state index in [0.29, 0.717) is 6.54 Å². The minimum absolute atomic E-state index is 0.292. The fraction of sp³-hybridized carbons (Fsp3) is 0.900. The predicted octanol–water partition coefficient (Wildman–Crippen LogP) is -0.988. The zero-order chi connectivity index (χ0) is 11.9. The molecule has 0 amide bonds. The molecule has 2 aliphatic rings. The number of esters is 1. The van der Waals surface area contributed by atoms with E-state index in [1.54, 1.807) is 13.8 Å². The van der Waals surface area contributed by atoms with Gasteiger partial charge in [0.25, 0.3) is 0 Å². The van der Waals surface area contributed by atoms with Gasteiger partial charge in [-0.1, -0.05) is 0 Å². The van der Waals surface area contributed by atoms with Gasteiger partial charge in [-0.25, -0.2) is 0 Å². The Morgan fingerprint density at radius 3 is 2.69 bits per heavy atom. The Balaban J connectivity index is 2.17. The van der Waals surface area contributed by atoms with Crippen LogP contribution in [0.15, 0.2) is 0 Å². The Morgan fingerprint density at radius 2 is 2.06 bits per heavy atom. The highest BCUT2D eigenvalue weighted by Gasteiger charge is 2.53. The van der Waals surface area contributed by atoms with Gasteiger partial charge in [-0.2, -0.15) is 0 Å². The molecule has 0 bridgehead atoms. The van der Waals surface area contributed by atoms with Crippen molar-refractivity contribution in [1.29, 1.82) is 0 Å². The minimum atomic E-state index is -0.783. The number of hydrogen-bond donors (Lipinski definition) is 2. The Labute approximate surface area is 93.9 Å². The summed E-state index contributed by atoms with van der Waals surface area (Å²) in [7, 11) is 1.32. The largest absolute Gasteiger partial charge is 0.468 e. The molecule has 2 saturated heterocycles. The Kier molecular flexibility index (Phi) is 2.91. The third-order valence-corrected chi connectivity index (χ3v) is 2.87. The summed E-state index contributed by atoms with van der Waals surface area (Å²) >= 11 is 0. The lowest BCUT2D eigenvalue weighted by Gasteiger charge is -2.33. The van der Waals surface area contributed by atoms with Gasteiger partial charge in [0.15, 0.2) is 5.79 Å². The maximum Gasteiger partial charge on any atom is 0.325 e. The van der Waals surface area contributed by atoms with Gasteiger partial charge in [-0.05, 0) is 13.8 Å². The first kappa shape index (κ1) is 11.8. The van der Waals surface area contributed by atoms with Crippen molar-refractivity contribution in [2.75, 3.05) is 13.7 Å². The molecule has 2 fully saturated rings. The molecule has 0 aromatic heterocycles. The molecule has 0 spiro atoms. The van der Waals surface area contributed by atoms with Crippen LogP contribution < -0.4 is 5.32 Å². The predicted molar refractivity (Wildman–Crippen MR) is 53.6 cm³/mol. The van der Waals surface area contributed by atoms with Gasteiger partial charge in [-0.15, -0.1) is 0 Å². The molecule has 2 rings (SSSR count). The molecule has 0 aromatic carbocycles. The van der Waals surface area contributed by atoms with Crippen molar-refractivity contribution in [3.05, 3.63) is 0 Å². The minimum Gasteiger partial charge on any atom is -0.468 e. The molecule has 16 heavy (non-hydrogen) atoms. The molecule has 0 radical (unpaired) electrons. The van der Waals surface area contributed by atoms with Crippen LogP contribution in [0.5, 0.6) is 0 Å². The molecular formula is C10H17NO5. The number of rotatable bonds is 1. The first-order chi connectivity index (χ1) is 7.44. The second-order valence-corrected chi connectivity index (χ2v) is 4.54. The third-order valence-electron chi connectivity index (χ3n) is 2.87. The zero-order valence-corrected chi connectivity index (χ0v) is 9.60. The van der Waals surface area contributed by atoms with Crippen molar-refractivity contribution in [2.45, 2.75) is 44.0 Å². The summed E-state index contributed by atoms with van der Waals surface area (Å²) in [6, 6.07) is -0.583. The smallest absolute Gasteiger partial charge is 0.325 e. The van der Waals surface area contributed by atoms with E-state index in [0.717, 1.165) is 0 Å². The van der Waals surface area contributed by atoms with Crippen molar-refractivity contribution in [3.8, 4) is 0 Å². The van der Waals surface area contributed by atoms with E-state index in [1.807, 2.05) is 0 Å². The van der Waals surface area contributed by atoms with Crippen LogP contribution >= 0.6 is 0 Å². The number of piperidine rings is 1. The van der Waals surface area contributed by atoms with Crippen LogP contribution in [0.1, 0.15) is 13.8 Å². The first-order valence-corrected chi connectivity index (χ1v) is 5.29. The second kappa shape index (κ2) is 3.96. The number of aliphatic hydroxyl groups excluding tert-OH is 1. The van der Waals surface area contributed by atoms with Crippen molar-refractivity contribution < 1.29 is 24.1 Å². The highest BCUT2D eigenvalue weighted by molar-refractivity contribution is 5.76. The van der Waals surface area contributed by atoms with E-state index >= 15 is 0 Å². The van der Waals surface area contributed by atoms with Crippen molar-refractivity contribution >= 4 is 5.97 Å². The monoisotopic (exact) mass is 231 g/mol. The van der Waals surface area contributed by atoms with Gasteiger partial charge in [-0.3, -0.25) is 10.1 Å². The Morgan fingerprint density at radius 1 is 1.44 bits per heavy atom. The number of fused-ring (bicyclic) bond motifs is 1. The van der Waals surface area contributed by atoms with E-state index in [1.165, 1.54) is 7.11 Å². The van der Waals surface area contributed by atoms with E-state index in [9.17, 15) is 9.90 Å². The molecule has 6 heteroatoms. The molecular weight excluding hydrogens is 214 g/mol. The van der Waals surface area contributed by atoms with Gasteiger partial charge >= 0.3 is 5.97 Å². The number of carbonyl (C=O) groups is 1. The third kappa shape index (κ3) is 1.93. The molecule has 0 aromatic rings. The zero-order valence-electron chi connectivity index (χ0n) is 9.60. The van der Waals surface area contributed by atoms with Crippen LogP contribution in [0, 0.1) is 0 Å². The summed E-state index contributed by atoms with van der Waals surface area (Å²) in [5.74, 6) is -1.18. The second-order valence-electron chi connectivity index (χ2n) is 4.54. The molecule has 92 valence electrons. The van der Waals surface area contributed by atoms with Gasteiger partial charge < -0.3 is 19.3 Å². The normalized spacial score (nSPS) is 41.5. The van der Waals surface area contributed by atoms with Crippen molar-refractivity contribution in [3.63, 3.8) is 0 Å². The lowest BCUT2D eigenvalue weighted by atomic mass is 9.96. The van der Waals surface area contributed by atoms with Crippen LogP contribution in [-0.4, -0.2) is 54.9 Å². The summed E-state index contributed by atoms with van der Waals surface area (Å²) < 4.78 is 15.9. The molecule has 6 nitrogen and oxygen atoms in total. The fourth-order valence-corrected chi connectivity index (χ4v) is 2.20. The number of hydrogen-bond acceptors (Lipinski definition) is 6. The fourth-order valence-electron chi connectivity index (χ4n) is 2.20. The first-order valence-electron chi connectivity index (χ1n) is 5.29. The summed E-state index contributed by atoms with van der Waals surface area (Å²) in [5, 5.41) is 12.7. The van der Waals surface area contributed by atoms with Crippen LogP contribution in [0.25, 0.3) is 0 Å². The Bertz CT molecular complexity index is 293. The average molecular weight is 231 g/mol. The summed E-state index contributed by atoms with van der Waals surface area (Å²) in [5.41, 5.74) is 0. The highest BCUT2D eigenvalue weighted by Crippen LogP contribution is 2.33. The topological polar surface area (TPSA) is 77.0 Å². The van der Waals surface area contributed by atoms with E-state index in [4.69, 9.17) is 9.47 Å². The van der Waals surface area contributed by atoms with Gasteiger partial charge in [0.05, 0.1) is 13.2 Å².